The van der Waals surface area contributed by atoms with Gasteiger partial charge in [-0.1, -0.05) is 17.7 Å². The second-order valence-electron chi connectivity index (χ2n) is 5.69. The van der Waals surface area contributed by atoms with E-state index in [0.717, 1.165) is 22.3 Å². The molecule has 0 radical (unpaired) electrons. The van der Waals surface area contributed by atoms with Gasteiger partial charge in [0, 0.05) is 31.0 Å². The number of halogens is 1. The molecule has 0 fully saturated rings. The molecule has 1 aliphatic heterocycles. The van der Waals surface area contributed by atoms with Crippen LogP contribution in [0, 0.1) is 0 Å². The lowest BCUT2D eigenvalue weighted by atomic mass is 10.1. The highest BCUT2D eigenvalue weighted by Crippen LogP contribution is 2.26. The number of rotatable bonds is 5. The van der Waals surface area contributed by atoms with Gasteiger partial charge in [0.2, 0.25) is 11.8 Å². The van der Waals surface area contributed by atoms with Crippen molar-refractivity contribution in [1.82, 2.24) is 20.5 Å². The smallest absolute Gasteiger partial charge is 0.240 e. The molecule has 7 nitrogen and oxygen atoms in total. The number of nitrogens with zero attached hydrogens (tertiary/aromatic N) is 3. The highest BCUT2D eigenvalue weighted by atomic mass is 35.5. The normalized spacial score (nSPS) is 14.4. The van der Waals surface area contributed by atoms with Crippen molar-refractivity contribution >= 4 is 40.0 Å². The van der Waals surface area contributed by atoms with Crippen LogP contribution in [0.25, 0.3) is 10.9 Å². The summed E-state index contributed by atoms with van der Waals surface area (Å²) in [5.74, 6) is -0.164. The molecule has 2 heterocycles. The molecule has 0 saturated carbocycles. The van der Waals surface area contributed by atoms with Crippen LogP contribution < -0.4 is 10.7 Å². The Morgan fingerprint density at radius 2 is 2.25 bits per heavy atom. The third kappa shape index (κ3) is 3.56. The van der Waals surface area contributed by atoms with Crippen LogP contribution in [0.2, 0.25) is 5.02 Å². The molecule has 0 saturated heterocycles. The molecule has 0 unspecified atom stereocenters. The number of carbonyl (C=O) groups excluding carboxylic acids is 2. The van der Waals surface area contributed by atoms with E-state index in [4.69, 9.17) is 11.6 Å². The van der Waals surface area contributed by atoms with E-state index < -0.39 is 0 Å². The van der Waals surface area contributed by atoms with E-state index in [1.165, 1.54) is 0 Å². The van der Waals surface area contributed by atoms with E-state index in [1.54, 1.807) is 4.68 Å². The summed E-state index contributed by atoms with van der Waals surface area (Å²) >= 11 is 6.25. The first-order valence-electron chi connectivity index (χ1n) is 7.75. The van der Waals surface area contributed by atoms with Gasteiger partial charge in [0.05, 0.1) is 22.8 Å². The Balaban J connectivity index is 1.58. The number of benzene rings is 1. The van der Waals surface area contributed by atoms with Crippen molar-refractivity contribution in [2.75, 3.05) is 0 Å². The van der Waals surface area contributed by atoms with Crippen LogP contribution in [0.4, 0.5) is 0 Å². The summed E-state index contributed by atoms with van der Waals surface area (Å²) in [6, 6.07) is 5.62. The average molecular weight is 348 g/mol. The molecule has 2 aromatic rings. The minimum atomic E-state index is -0.0829. The summed E-state index contributed by atoms with van der Waals surface area (Å²) in [6.45, 7) is 0.323. The van der Waals surface area contributed by atoms with Gasteiger partial charge in [-0.15, -0.1) is 0 Å². The maximum absolute atomic E-state index is 12.0. The molecule has 3 rings (SSSR count). The van der Waals surface area contributed by atoms with Gasteiger partial charge in [0.25, 0.3) is 0 Å². The first kappa shape index (κ1) is 16.4. The van der Waals surface area contributed by atoms with Crippen LogP contribution in [0.15, 0.2) is 23.3 Å². The fourth-order valence-corrected chi connectivity index (χ4v) is 2.98. The monoisotopic (exact) mass is 347 g/mol. The van der Waals surface area contributed by atoms with Crippen molar-refractivity contribution in [3.63, 3.8) is 0 Å². The van der Waals surface area contributed by atoms with E-state index in [-0.39, 0.29) is 11.8 Å². The first-order chi connectivity index (χ1) is 11.5. The number of hydrogen-bond donors (Lipinski definition) is 2. The second kappa shape index (κ2) is 7.00. The van der Waals surface area contributed by atoms with Gasteiger partial charge in [0.1, 0.15) is 0 Å². The largest absolute Gasteiger partial charge is 0.350 e. The molecule has 1 aromatic heterocycles. The molecule has 0 atom stereocenters. The van der Waals surface area contributed by atoms with Gasteiger partial charge in [0.15, 0.2) is 0 Å². The molecule has 0 aliphatic carbocycles. The Morgan fingerprint density at radius 3 is 3.00 bits per heavy atom. The molecule has 24 heavy (non-hydrogen) atoms. The molecule has 0 spiro atoms. The molecular weight excluding hydrogens is 330 g/mol. The predicted octanol–water partition coefficient (Wildman–Crippen LogP) is 1.89. The van der Waals surface area contributed by atoms with Gasteiger partial charge in [-0.2, -0.15) is 10.2 Å². The predicted molar refractivity (Wildman–Crippen MR) is 91.6 cm³/mol. The number of aryl methyl sites for hydroxylation is 1. The van der Waals surface area contributed by atoms with Crippen LogP contribution >= 0.6 is 11.6 Å². The van der Waals surface area contributed by atoms with E-state index in [0.29, 0.717) is 37.3 Å². The Morgan fingerprint density at radius 1 is 1.42 bits per heavy atom. The standard InChI is InChI=1S/C16H18ClN5O2/c1-22-13-4-2-3-11(17)16(13)12(21-22)9-18-14(23)7-5-10-6-8-15(24)20-19-10/h2-4H,5-9H2,1H3,(H,18,23)(H,20,24). The summed E-state index contributed by atoms with van der Waals surface area (Å²) in [5, 5.41) is 12.7. The van der Waals surface area contributed by atoms with E-state index in [2.05, 4.69) is 20.9 Å². The lowest BCUT2D eigenvalue weighted by molar-refractivity contribution is -0.121. The molecule has 8 heteroatoms. The molecule has 0 bridgehead atoms. The fraction of sp³-hybridized carbons (Fsp3) is 0.375. The van der Waals surface area contributed by atoms with Gasteiger partial charge in [-0.25, -0.2) is 5.43 Å². The molecular formula is C16H18ClN5O2. The summed E-state index contributed by atoms with van der Waals surface area (Å²) in [7, 11) is 1.85. The van der Waals surface area contributed by atoms with E-state index in [9.17, 15) is 9.59 Å². The number of hydrogen-bond acceptors (Lipinski definition) is 4. The fourth-order valence-electron chi connectivity index (χ4n) is 2.70. The third-order valence-electron chi connectivity index (χ3n) is 3.97. The number of nitrogens with one attached hydrogen (secondary N) is 2. The Bertz CT molecular complexity index is 827. The SMILES string of the molecule is Cn1nc(CNC(=O)CCC2=NNC(=O)CC2)c2c(Cl)cccc21. The van der Waals surface area contributed by atoms with Crippen molar-refractivity contribution in [3.05, 3.63) is 28.9 Å². The topological polar surface area (TPSA) is 88.4 Å². The number of hydrazone groups is 1. The van der Waals surface area contributed by atoms with Gasteiger partial charge < -0.3 is 5.32 Å². The van der Waals surface area contributed by atoms with E-state index in [1.807, 2.05) is 25.2 Å². The zero-order chi connectivity index (χ0) is 17.1. The summed E-state index contributed by atoms with van der Waals surface area (Å²) < 4.78 is 1.75. The maximum Gasteiger partial charge on any atom is 0.240 e. The minimum Gasteiger partial charge on any atom is -0.350 e. The number of aromatic nitrogens is 2. The lowest BCUT2D eigenvalue weighted by Gasteiger charge is -2.11. The molecule has 2 amide bonds. The van der Waals surface area contributed by atoms with Gasteiger partial charge in [-0.05, 0) is 25.0 Å². The van der Waals surface area contributed by atoms with E-state index >= 15 is 0 Å². The Hall–Kier alpha value is -2.41. The Labute approximate surface area is 144 Å². The molecule has 1 aliphatic rings. The Kier molecular flexibility index (Phi) is 4.80. The average Bonchev–Trinajstić information content (AvgIpc) is 2.90. The van der Waals surface area contributed by atoms with Crippen molar-refractivity contribution in [1.29, 1.82) is 0 Å². The van der Waals surface area contributed by atoms with Crippen LogP contribution in [-0.4, -0.2) is 27.3 Å². The van der Waals surface area contributed by atoms with Gasteiger partial charge >= 0.3 is 0 Å². The summed E-state index contributed by atoms with van der Waals surface area (Å²) in [4.78, 5) is 23.1. The van der Waals surface area contributed by atoms with Crippen molar-refractivity contribution < 1.29 is 9.59 Å². The quantitative estimate of drug-likeness (QED) is 0.865. The number of fused-ring (bicyclic) bond motifs is 1. The van der Waals surface area contributed by atoms with Crippen molar-refractivity contribution in [3.8, 4) is 0 Å². The summed E-state index contributed by atoms with van der Waals surface area (Å²) in [6.07, 6.45) is 1.90. The molecule has 126 valence electrons. The first-order valence-corrected chi connectivity index (χ1v) is 8.13. The number of amides is 2. The highest BCUT2D eigenvalue weighted by molar-refractivity contribution is 6.35. The van der Waals surface area contributed by atoms with Crippen LogP contribution in [0.5, 0.6) is 0 Å². The summed E-state index contributed by atoms with van der Waals surface area (Å²) in [5.41, 5.74) is 4.95. The van der Waals surface area contributed by atoms with Crippen molar-refractivity contribution in [2.24, 2.45) is 12.1 Å². The van der Waals surface area contributed by atoms with Crippen molar-refractivity contribution in [2.45, 2.75) is 32.2 Å². The van der Waals surface area contributed by atoms with Crippen LogP contribution in [-0.2, 0) is 23.2 Å². The highest BCUT2D eigenvalue weighted by Gasteiger charge is 2.15. The maximum atomic E-state index is 12.0. The third-order valence-corrected chi connectivity index (χ3v) is 4.29. The molecule has 1 aromatic carbocycles. The zero-order valence-electron chi connectivity index (χ0n) is 13.3. The van der Waals surface area contributed by atoms with Gasteiger partial charge in [-0.3, -0.25) is 14.3 Å². The van der Waals surface area contributed by atoms with Crippen LogP contribution in [0.3, 0.4) is 0 Å². The molecule has 2 N–H and O–H groups in total. The zero-order valence-corrected chi connectivity index (χ0v) is 14.1. The van der Waals surface area contributed by atoms with Crippen LogP contribution in [0.1, 0.15) is 31.4 Å². The lowest BCUT2D eigenvalue weighted by Crippen LogP contribution is -2.27. The minimum absolute atomic E-state index is 0.0814. The number of carbonyl (C=O) groups is 2. The second-order valence-corrected chi connectivity index (χ2v) is 6.10.